The van der Waals surface area contributed by atoms with E-state index in [4.69, 9.17) is 0 Å². The SMILES string of the molecule is CC(C)NCCc1nnc(CCC2CCCCC2)s1. The molecule has 1 aliphatic rings. The maximum absolute atomic E-state index is 4.34. The van der Waals surface area contributed by atoms with Gasteiger partial charge in [0.25, 0.3) is 0 Å². The topological polar surface area (TPSA) is 37.8 Å². The molecule has 1 fully saturated rings. The summed E-state index contributed by atoms with van der Waals surface area (Å²) in [6.07, 6.45) is 10.7. The highest BCUT2D eigenvalue weighted by Gasteiger charge is 2.14. The van der Waals surface area contributed by atoms with Crippen LogP contribution in [-0.2, 0) is 12.8 Å². The van der Waals surface area contributed by atoms with Crippen molar-refractivity contribution < 1.29 is 0 Å². The number of aromatic nitrogens is 2. The monoisotopic (exact) mass is 281 g/mol. The van der Waals surface area contributed by atoms with Crippen LogP contribution in [0.2, 0.25) is 0 Å². The number of hydrogen-bond donors (Lipinski definition) is 1. The van der Waals surface area contributed by atoms with E-state index in [1.807, 2.05) is 11.3 Å². The molecule has 3 nitrogen and oxygen atoms in total. The summed E-state index contributed by atoms with van der Waals surface area (Å²) in [5.41, 5.74) is 0. The van der Waals surface area contributed by atoms with Gasteiger partial charge in [-0.2, -0.15) is 0 Å². The van der Waals surface area contributed by atoms with Crippen LogP contribution in [0.15, 0.2) is 0 Å². The Bertz CT molecular complexity index is 356. The number of aryl methyl sites for hydroxylation is 1. The highest BCUT2D eigenvalue weighted by atomic mass is 32.1. The molecular weight excluding hydrogens is 254 g/mol. The lowest BCUT2D eigenvalue weighted by Crippen LogP contribution is -2.24. The molecule has 2 rings (SSSR count). The standard InChI is InChI=1S/C15H27N3S/c1-12(2)16-11-10-15-18-17-14(19-15)9-8-13-6-4-3-5-7-13/h12-13,16H,3-11H2,1-2H3. The first kappa shape index (κ1) is 14.9. The van der Waals surface area contributed by atoms with Crippen molar-refractivity contribution in [2.75, 3.05) is 6.54 Å². The van der Waals surface area contributed by atoms with E-state index in [1.165, 1.54) is 48.5 Å². The van der Waals surface area contributed by atoms with Gasteiger partial charge in [0, 0.05) is 25.4 Å². The zero-order valence-corrected chi connectivity index (χ0v) is 13.1. The Kier molecular flexibility index (Phi) is 6.24. The molecule has 1 aromatic rings. The summed E-state index contributed by atoms with van der Waals surface area (Å²) in [7, 11) is 0. The molecule has 0 saturated heterocycles. The van der Waals surface area contributed by atoms with Crippen LogP contribution < -0.4 is 5.32 Å². The van der Waals surface area contributed by atoms with Crippen molar-refractivity contribution >= 4 is 11.3 Å². The van der Waals surface area contributed by atoms with E-state index in [9.17, 15) is 0 Å². The van der Waals surface area contributed by atoms with Crippen molar-refractivity contribution in [1.29, 1.82) is 0 Å². The van der Waals surface area contributed by atoms with Crippen molar-refractivity contribution in [1.82, 2.24) is 15.5 Å². The van der Waals surface area contributed by atoms with Crippen LogP contribution in [0.4, 0.5) is 0 Å². The van der Waals surface area contributed by atoms with Gasteiger partial charge in [0.1, 0.15) is 10.0 Å². The van der Waals surface area contributed by atoms with E-state index < -0.39 is 0 Å². The van der Waals surface area contributed by atoms with Crippen LogP contribution in [0, 0.1) is 5.92 Å². The lowest BCUT2D eigenvalue weighted by molar-refractivity contribution is 0.339. The Hall–Kier alpha value is -0.480. The first-order valence-corrected chi connectivity index (χ1v) is 8.60. The lowest BCUT2D eigenvalue weighted by atomic mass is 9.86. The van der Waals surface area contributed by atoms with Crippen molar-refractivity contribution in [3.8, 4) is 0 Å². The largest absolute Gasteiger partial charge is 0.314 e. The fraction of sp³-hybridized carbons (Fsp3) is 0.867. The third-order valence-corrected chi connectivity index (χ3v) is 4.93. The van der Waals surface area contributed by atoms with Crippen LogP contribution in [0.5, 0.6) is 0 Å². The second-order valence-corrected chi connectivity index (χ2v) is 7.14. The van der Waals surface area contributed by atoms with Gasteiger partial charge in [-0.15, -0.1) is 21.5 Å². The van der Waals surface area contributed by atoms with Crippen LogP contribution >= 0.6 is 11.3 Å². The van der Waals surface area contributed by atoms with Crippen molar-refractivity contribution in [3.05, 3.63) is 10.0 Å². The maximum Gasteiger partial charge on any atom is 0.118 e. The van der Waals surface area contributed by atoms with Crippen LogP contribution in [0.3, 0.4) is 0 Å². The predicted octanol–water partition coefficient (Wildman–Crippen LogP) is 3.59. The van der Waals surface area contributed by atoms with Gasteiger partial charge in [0.2, 0.25) is 0 Å². The van der Waals surface area contributed by atoms with E-state index in [-0.39, 0.29) is 0 Å². The maximum atomic E-state index is 4.34. The zero-order valence-electron chi connectivity index (χ0n) is 12.3. The van der Waals surface area contributed by atoms with Crippen LogP contribution in [0.1, 0.15) is 62.4 Å². The van der Waals surface area contributed by atoms with E-state index in [2.05, 4.69) is 29.4 Å². The van der Waals surface area contributed by atoms with Gasteiger partial charge in [-0.1, -0.05) is 46.0 Å². The van der Waals surface area contributed by atoms with Gasteiger partial charge < -0.3 is 5.32 Å². The van der Waals surface area contributed by atoms with E-state index in [0.29, 0.717) is 6.04 Å². The van der Waals surface area contributed by atoms with Gasteiger partial charge in [-0.3, -0.25) is 0 Å². The smallest absolute Gasteiger partial charge is 0.118 e. The van der Waals surface area contributed by atoms with Gasteiger partial charge in [-0.05, 0) is 12.3 Å². The van der Waals surface area contributed by atoms with Crippen LogP contribution in [0.25, 0.3) is 0 Å². The fourth-order valence-corrected chi connectivity index (χ4v) is 3.62. The first-order chi connectivity index (χ1) is 9.24. The summed E-state index contributed by atoms with van der Waals surface area (Å²) >= 11 is 1.81. The normalized spacial score (nSPS) is 17.2. The molecule has 0 aromatic carbocycles. The number of hydrogen-bond acceptors (Lipinski definition) is 4. The molecule has 0 radical (unpaired) electrons. The Morgan fingerprint density at radius 3 is 2.47 bits per heavy atom. The van der Waals surface area contributed by atoms with E-state index >= 15 is 0 Å². The molecule has 108 valence electrons. The number of nitrogens with one attached hydrogen (secondary N) is 1. The second kappa shape index (κ2) is 7.95. The molecule has 1 aliphatic carbocycles. The molecule has 1 saturated carbocycles. The summed E-state index contributed by atoms with van der Waals surface area (Å²) < 4.78 is 0. The molecule has 1 heterocycles. The average molecular weight is 281 g/mol. The third kappa shape index (κ3) is 5.57. The highest BCUT2D eigenvalue weighted by molar-refractivity contribution is 7.11. The van der Waals surface area contributed by atoms with Gasteiger partial charge in [0.05, 0.1) is 0 Å². The van der Waals surface area contributed by atoms with Crippen LogP contribution in [-0.4, -0.2) is 22.8 Å². The van der Waals surface area contributed by atoms with Crippen molar-refractivity contribution in [2.45, 2.75) is 71.3 Å². The molecule has 1 N–H and O–H groups in total. The molecule has 0 spiro atoms. The molecule has 0 amide bonds. The number of nitrogens with zero attached hydrogens (tertiary/aromatic N) is 2. The molecular formula is C15H27N3S. The third-order valence-electron chi connectivity index (χ3n) is 3.89. The summed E-state index contributed by atoms with van der Waals surface area (Å²) in [4.78, 5) is 0. The fourth-order valence-electron chi connectivity index (χ4n) is 2.76. The highest BCUT2D eigenvalue weighted by Crippen LogP contribution is 2.27. The minimum absolute atomic E-state index is 0.554. The first-order valence-electron chi connectivity index (χ1n) is 7.78. The molecule has 4 heteroatoms. The Balaban J connectivity index is 1.68. The summed E-state index contributed by atoms with van der Waals surface area (Å²) in [6.45, 7) is 5.36. The quantitative estimate of drug-likeness (QED) is 0.830. The second-order valence-electron chi connectivity index (χ2n) is 5.99. The molecule has 0 unspecified atom stereocenters. The van der Waals surface area contributed by atoms with Gasteiger partial charge in [-0.25, -0.2) is 0 Å². The molecule has 0 bridgehead atoms. The predicted molar refractivity (Wildman–Crippen MR) is 81.6 cm³/mol. The minimum Gasteiger partial charge on any atom is -0.314 e. The lowest BCUT2D eigenvalue weighted by Gasteiger charge is -2.20. The van der Waals surface area contributed by atoms with Crippen molar-refractivity contribution in [2.24, 2.45) is 5.92 Å². The van der Waals surface area contributed by atoms with E-state index in [0.717, 1.165) is 25.3 Å². The summed E-state index contributed by atoms with van der Waals surface area (Å²) in [5.74, 6) is 0.948. The Morgan fingerprint density at radius 1 is 1.11 bits per heavy atom. The van der Waals surface area contributed by atoms with Gasteiger partial charge >= 0.3 is 0 Å². The Morgan fingerprint density at radius 2 is 1.79 bits per heavy atom. The minimum atomic E-state index is 0.554. The molecule has 19 heavy (non-hydrogen) atoms. The van der Waals surface area contributed by atoms with Crippen molar-refractivity contribution in [3.63, 3.8) is 0 Å². The summed E-state index contributed by atoms with van der Waals surface area (Å²) in [6, 6.07) is 0.554. The summed E-state index contributed by atoms with van der Waals surface area (Å²) in [5, 5.41) is 14.5. The Labute approximate surface area is 121 Å². The van der Waals surface area contributed by atoms with Gasteiger partial charge in [0.15, 0.2) is 0 Å². The van der Waals surface area contributed by atoms with E-state index in [1.54, 1.807) is 0 Å². The molecule has 0 aliphatic heterocycles. The number of rotatable bonds is 7. The molecule has 1 aromatic heterocycles. The molecule has 0 atom stereocenters. The zero-order chi connectivity index (χ0) is 13.5. The average Bonchev–Trinajstić information content (AvgIpc) is 2.85.